The zero-order chi connectivity index (χ0) is 19.7. The van der Waals surface area contributed by atoms with E-state index in [0.717, 1.165) is 12.2 Å². The van der Waals surface area contributed by atoms with Crippen molar-refractivity contribution in [3.8, 4) is 0 Å². The second kappa shape index (κ2) is 7.38. The summed E-state index contributed by atoms with van der Waals surface area (Å²) in [7, 11) is 0. The van der Waals surface area contributed by atoms with Gasteiger partial charge in [-0.3, -0.25) is 14.0 Å². The van der Waals surface area contributed by atoms with Crippen molar-refractivity contribution in [3.05, 3.63) is 65.4 Å². The lowest BCUT2D eigenvalue weighted by Crippen LogP contribution is -2.25. The van der Waals surface area contributed by atoms with Crippen LogP contribution in [0, 0.1) is 5.82 Å². The lowest BCUT2D eigenvalue weighted by Gasteiger charge is -2.13. The molecule has 0 radical (unpaired) electrons. The first-order chi connectivity index (χ1) is 13.5. The molecule has 0 saturated carbocycles. The van der Waals surface area contributed by atoms with Gasteiger partial charge in [-0.05, 0) is 36.2 Å². The lowest BCUT2D eigenvalue weighted by atomic mass is 10.1. The monoisotopic (exact) mass is 381 g/mol. The molecule has 8 heteroatoms. The van der Waals surface area contributed by atoms with Gasteiger partial charge in [0.25, 0.3) is 5.91 Å². The molecule has 144 valence electrons. The molecule has 1 aliphatic rings. The van der Waals surface area contributed by atoms with E-state index in [1.807, 2.05) is 4.40 Å². The number of benzene rings is 1. The first-order valence-electron chi connectivity index (χ1n) is 9.14. The molecule has 0 bridgehead atoms. The molecule has 1 aliphatic heterocycles. The Kier molecular flexibility index (Phi) is 4.77. The van der Waals surface area contributed by atoms with Crippen molar-refractivity contribution in [2.75, 3.05) is 13.1 Å². The van der Waals surface area contributed by atoms with Gasteiger partial charge in [0.2, 0.25) is 5.91 Å². The smallest absolute Gasteiger partial charge is 0.253 e. The first-order valence-corrected chi connectivity index (χ1v) is 9.14. The number of hydrogen-bond donors (Lipinski definition) is 1. The fourth-order valence-electron chi connectivity index (χ4n) is 3.51. The Bertz CT molecular complexity index is 1050. The molecule has 3 heterocycles. The van der Waals surface area contributed by atoms with E-state index >= 15 is 0 Å². The Morgan fingerprint density at radius 2 is 2.11 bits per heavy atom. The highest BCUT2D eigenvalue weighted by Crippen LogP contribution is 2.26. The van der Waals surface area contributed by atoms with Crippen LogP contribution in [-0.4, -0.2) is 44.4 Å². The van der Waals surface area contributed by atoms with Crippen molar-refractivity contribution in [2.24, 2.45) is 0 Å². The van der Waals surface area contributed by atoms with Crippen LogP contribution < -0.4 is 5.32 Å². The normalized spacial score (nSPS) is 16.5. The SMILES string of the molecule is CC(=O)N1CC[C@@H](c2nnc3ccc(C(=O)NCc4cccc(F)c4)cn23)C1. The van der Waals surface area contributed by atoms with Crippen molar-refractivity contribution in [1.29, 1.82) is 0 Å². The van der Waals surface area contributed by atoms with E-state index in [1.54, 1.807) is 42.3 Å². The molecule has 2 aromatic heterocycles. The maximum atomic E-state index is 13.3. The number of amides is 2. The Morgan fingerprint density at radius 3 is 2.86 bits per heavy atom. The van der Waals surface area contributed by atoms with Crippen molar-refractivity contribution < 1.29 is 14.0 Å². The Hall–Kier alpha value is -3.29. The number of rotatable bonds is 4. The van der Waals surface area contributed by atoms with E-state index in [0.29, 0.717) is 29.9 Å². The second-order valence-corrected chi connectivity index (χ2v) is 6.97. The van der Waals surface area contributed by atoms with Gasteiger partial charge in [0, 0.05) is 38.7 Å². The highest BCUT2D eigenvalue weighted by atomic mass is 19.1. The van der Waals surface area contributed by atoms with Crippen molar-refractivity contribution in [2.45, 2.75) is 25.8 Å². The van der Waals surface area contributed by atoms with E-state index in [-0.39, 0.29) is 30.1 Å². The first kappa shape index (κ1) is 18.1. The third-order valence-electron chi connectivity index (χ3n) is 5.03. The molecule has 1 N–H and O–H groups in total. The lowest BCUT2D eigenvalue weighted by molar-refractivity contribution is -0.127. The molecule has 7 nitrogen and oxygen atoms in total. The number of carbonyl (C=O) groups excluding carboxylic acids is 2. The molecule has 28 heavy (non-hydrogen) atoms. The molecule has 1 fully saturated rings. The van der Waals surface area contributed by atoms with Gasteiger partial charge in [0.15, 0.2) is 5.65 Å². The minimum Gasteiger partial charge on any atom is -0.348 e. The van der Waals surface area contributed by atoms with Crippen LogP contribution in [-0.2, 0) is 11.3 Å². The highest BCUT2D eigenvalue weighted by Gasteiger charge is 2.29. The number of hydrogen-bond acceptors (Lipinski definition) is 4. The van der Waals surface area contributed by atoms with Gasteiger partial charge in [-0.2, -0.15) is 0 Å². The topological polar surface area (TPSA) is 79.6 Å². The molecule has 3 aromatic rings. The molecular formula is C20H20FN5O2. The predicted molar refractivity (Wildman–Crippen MR) is 100 cm³/mol. The zero-order valence-electron chi connectivity index (χ0n) is 15.4. The summed E-state index contributed by atoms with van der Waals surface area (Å²) in [5.74, 6) is 0.290. The molecular weight excluding hydrogens is 361 g/mol. The van der Waals surface area contributed by atoms with Crippen LogP contribution in [0.2, 0.25) is 0 Å². The summed E-state index contributed by atoms with van der Waals surface area (Å²) in [5, 5.41) is 11.2. The van der Waals surface area contributed by atoms with Crippen LogP contribution in [0.3, 0.4) is 0 Å². The quantitative estimate of drug-likeness (QED) is 0.751. The predicted octanol–water partition coefficient (Wildman–Crippen LogP) is 2.13. The van der Waals surface area contributed by atoms with Gasteiger partial charge in [-0.1, -0.05) is 12.1 Å². The summed E-state index contributed by atoms with van der Waals surface area (Å²) in [6, 6.07) is 9.55. The molecule has 0 unspecified atom stereocenters. The van der Waals surface area contributed by atoms with Gasteiger partial charge >= 0.3 is 0 Å². The fourth-order valence-corrected chi connectivity index (χ4v) is 3.51. The fraction of sp³-hybridized carbons (Fsp3) is 0.300. The summed E-state index contributed by atoms with van der Waals surface area (Å²) < 4.78 is 15.1. The number of carbonyl (C=O) groups is 2. The average molecular weight is 381 g/mol. The van der Waals surface area contributed by atoms with Gasteiger partial charge < -0.3 is 10.2 Å². The van der Waals surface area contributed by atoms with Crippen LogP contribution in [0.4, 0.5) is 4.39 Å². The van der Waals surface area contributed by atoms with Gasteiger partial charge in [-0.15, -0.1) is 10.2 Å². The summed E-state index contributed by atoms with van der Waals surface area (Å²) in [6.45, 7) is 3.10. The molecule has 1 saturated heterocycles. The third-order valence-corrected chi connectivity index (χ3v) is 5.03. The van der Waals surface area contributed by atoms with Crippen LogP contribution in [0.5, 0.6) is 0 Å². The standard InChI is InChI=1S/C20H20FN5O2/c1-13(27)25-8-7-15(11-25)19-24-23-18-6-5-16(12-26(18)19)20(28)22-10-14-3-2-4-17(21)9-14/h2-6,9,12,15H,7-8,10-11H2,1H3,(H,22,28)/t15-/m1/s1. The molecule has 4 rings (SSSR count). The van der Waals surface area contributed by atoms with Crippen molar-refractivity contribution >= 4 is 17.5 Å². The summed E-state index contributed by atoms with van der Waals surface area (Å²) in [6.07, 6.45) is 2.53. The number of nitrogens with zero attached hydrogens (tertiary/aromatic N) is 4. The number of pyridine rings is 1. The summed E-state index contributed by atoms with van der Waals surface area (Å²) in [5.41, 5.74) is 1.80. The minimum absolute atomic E-state index is 0.0498. The highest BCUT2D eigenvalue weighted by molar-refractivity contribution is 5.94. The van der Waals surface area contributed by atoms with E-state index in [4.69, 9.17) is 0 Å². The van der Waals surface area contributed by atoms with E-state index in [9.17, 15) is 14.0 Å². The van der Waals surface area contributed by atoms with E-state index in [2.05, 4.69) is 15.5 Å². The van der Waals surface area contributed by atoms with Crippen molar-refractivity contribution in [3.63, 3.8) is 0 Å². The van der Waals surface area contributed by atoms with E-state index in [1.165, 1.54) is 12.1 Å². The molecule has 1 atom stereocenters. The van der Waals surface area contributed by atoms with E-state index < -0.39 is 0 Å². The molecule has 0 spiro atoms. The number of aromatic nitrogens is 3. The number of likely N-dealkylation sites (tertiary alicyclic amines) is 1. The van der Waals surface area contributed by atoms with Crippen LogP contribution in [0.25, 0.3) is 5.65 Å². The Labute approximate surface area is 161 Å². The van der Waals surface area contributed by atoms with Gasteiger partial charge in [0.1, 0.15) is 11.6 Å². The number of nitrogens with one attached hydrogen (secondary N) is 1. The third kappa shape index (κ3) is 3.58. The Morgan fingerprint density at radius 1 is 1.25 bits per heavy atom. The summed E-state index contributed by atoms with van der Waals surface area (Å²) >= 11 is 0. The second-order valence-electron chi connectivity index (χ2n) is 6.97. The number of halogens is 1. The molecule has 0 aliphatic carbocycles. The summed E-state index contributed by atoms with van der Waals surface area (Å²) in [4.78, 5) is 25.9. The average Bonchev–Trinajstić information content (AvgIpc) is 3.32. The molecule has 2 amide bonds. The van der Waals surface area contributed by atoms with Gasteiger partial charge in [0.05, 0.1) is 5.56 Å². The molecule has 1 aromatic carbocycles. The maximum Gasteiger partial charge on any atom is 0.253 e. The van der Waals surface area contributed by atoms with Crippen molar-refractivity contribution in [1.82, 2.24) is 24.8 Å². The van der Waals surface area contributed by atoms with Crippen LogP contribution in [0.1, 0.15) is 41.0 Å². The Balaban J connectivity index is 1.52. The number of fused-ring (bicyclic) bond motifs is 1. The van der Waals surface area contributed by atoms with Crippen LogP contribution >= 0.6 is 0 Å². The van der Waals surface area contributed by atoms with Crippen LogP contribution in [0.15, 0.2) is 42.6 Å². The maximum absolute atomic E-state index is 13.3. The van der Waals surface area contributed by atoms with Gasteiger partial charge in [-0.25, -0.2) is 4.39 Å². The zero-order valence-corrected chi connectivity index (χ0v) is 15.4. The minimum atomic E-state index is -0.335. The largest absolute Gasteiger partial charge is 0.348 e.